The monoisotopic (exact) mass is 322 g/mol. The summed E-state index contributed by atoms with van der Waals surface area (Å²) in [7, 11) is 0. The zero-order valence-corrected chi connectivity index (χ0v) is 13.3. The summed E-state index contributed by atoms with van der Waals surface area (Å²) in [4.78, 5) is 25.2. The maximum Gasteiger partial charge on any atom is 0.277 e. The molecule has 2 N–H and O–H groups in total. The third-order valence-corrected chi connectivity index (χ3v) is 3.86. The van der Waals surface area contributed by atoms with Crippen molar-refractivity contribution >= 4 is 17.5 Å². The first-order valence-electron chi connectivity index (χ1n) is 7.71. The topological polar surface area (TPSA) is 69.6 Å². The second kappa shape index (κ2) is 6.68. The summed E-state index contributed by atoms with van der Waals surface area (Å²) in [6, 6.07) is 15.7. The number of rotatable bonds is 5. The van der Waals surface area contributed by atoms with Crippen LogP contribution in [0.3, 0.4) is 0 Å². The fourth-order valence-corrected chi connectivity index (χ4v) is 2.71. The van der Waals surface area contributed by atoms with E-state index < -0.39 is 11.8 Å². The zero-order valence-electron chi connectivity index (χ0n) is 13.3. The van der Waals surface area contributed by atoms with Crippen molar-refractivity contribution in [2.75, 3.05) is 18.5 Å². The second-order valence-corrected chi connectivity index (χ2v) is 5.62. The lowest BCUT2D eigenvalue weighted by Gasteiger charge is -2.15. The molecule has 1 heterocycles. The number of hydrogen-bond donors (Lipinski definition) is 2. The summed E-state index contributed by atoms with van der Waals surface area (Å²) in [5.41, 5.74) is 4.09. The molecule has 0 unspecified atom stereocenters. The third kappa shape index (κ3) is 3.07. The standard InChI is InChI=1S/C19H18N2O3/c1-13-5-4-6-14(11-13)15-7-2-3-8-16(15)20-17-12-18(23)21(9-10-22)19(17)24/h2-8,11-12,20,22H,9-10H2,1H3. The van der Waals surface area contributed by atoms with Gasteiger partial charge in [0.05, 0.1) is 13.2 Å². The Hall–Kier alpha value is -2.92. The van der Waals surface area contributed by atoms with Crippen LogP contribution in [0.25, 0.3) is 11.1 Å². The van der Waals surface area contributed by atoms with Gasteiger partial charge in [0.25, 0.3) is 11.8 Å². The molecular weight excluding hydrogens is 304 g/mol. The van der Waals surface area contributed by atoms with Gasteiger partial charge >= 0.3 is 0 Å². The fraction of sp³-hybridized carbons (Fsp3) is 0.158. The summed E-state index contributed by atoms with van der Waals surface area (Å²) in [5.74, 6) is -0.835. The van der Waals surface area contributed by atoms with E-state index in [9.17, 15) is 9.59 Å². The average Bonchev–Trinajstić information content (AvgIpc) is 2.83. The Morgan fingerprint density at radius 1 is 1.08 bits per heavy atom. The zero-order chi connectivity index (χ0) is 17.1. The molecule has 0 aromatic heterocycles. The number of amides is 2. The first-order chi connectivity index (χ1) is 11.6. The molecule has 2 aromatic carbocycles. The van der Waals surface area contributed by atoms with Gasteiger partial charge < -0.3 is 10.4 Å². The van der Waals surface area contributed by atoms with Gasteiger partial charge in [-0.15, -0.1) is 0 Å². The van der Waals surface area contributed by atoms with E-state index >= 15 is 0 Å². The molecule has 2 amide bonds. The van der Waals surface area contributed by atoms with Crippen LogP contribution in [-0.4, -0.2) is 35.0 Å². The van der Waals surface area contributed by atoms with E-state index in [-0.39, 0.29) is 18.8 Å². The second-order valence-electron chi connectivity index (χ2n) is 5.62. The minimum atomic E-state index is -0.423. The number of benzene rings is 2. The van der Waals surface area contributed by atoms with Gasteiger partial charge in [-0.3, -0.25) is 14.5 Å². The Morgan fingerprint density at radius 3 is 2.62 bits per heavy atom. The number of nitrogens with zero attached hydrogens (tertiary/aromatic N) is 1. The van der Waals surface area contributed by atoms with Crippen LogP contribution < -0.4 is 5.32 Å². The van der Waals surface area contributed by atoms with Crippen molar-refractivity contribution in [3.05, 3.63) is 65.9 Å². The number of nitrogens with one attached hydrogen (secondary N) is 1. The minimum Gasteiger partial charge on any atom is -0.395 e. The largest absolute Gasteiger partial charge is 0.395 e. The molecule has 2 aromatic rings. The smallest absolute Gasteiger partial charge is 0.277 e. The highest BCUT2D eigenvalue weighted by atomic mass is 16.3. The molecule has 0 atom stereocenters. The van der Waals surface area contributed by atoms with E-state index in [4.69, 9.17) is 5.11 Å². The molecule has 0 saturated carbocycles. The molecule has 1 aliphatic heterocycles. The van der Waals surface area contributed by atoms with E-state index in [2.05, 4.69) is 11.4 Å². The van der Waals surface area contributed by atoms with Gasteiger partial charge in [-0.05, 0) is 18.6 Å². The lowest BCUT2D eigenvalue weighted by atomic mass is 10.0. The Morgan fingerprint density at radius 2 is 1.88 bits per heavy atom. The quantitative estimate of drug-likeness (QED) is 0.829. The number of aliphatic hydroxyl groups is 1. The lowest BCUT2D eigenvalue weighted by Crippen LogP contribution is -2.34. The summed E-state index contributed by atoms with van der Waals surface area (Å²) in [6.07, 6.45) is 1.27. The normalized spacial score (nSPS) is 14.1. The van der Waals surface area contributed by atoms with Crippen LogP contribution in [-0.2, 0) is 9.59 Å². The predicted octanol–water partition coefficient (Wildman–Crippen LogP) is 2.32. The van der Waals surface area contributed by atoms with E-state index in [0.717, 1.165) is 27.3 Å². The van der Waals surface area contributed by atoms with Crippen LogP contribution in [0.5, 0.6) is 0 Å². The first-order valence-corrected chi connectivity index (χ1v) is 7.71. The van der Waals surface area contributed by atoms with Crippen molar-refractivity contribution in [2.45, 2.75) is 6.92 Å². The highest BCUT2D eigenvalue weighted by Gasteiger charge is 2.30. The van der Waals surface area contributed by atoms with E-state index in [1.165, 1.54) is 6.08 Å². The number of β-amino-alcohol motifs (C(OH)–C–C–N with tert-alkyl or cyclic N) is 1. The van der Waals surface area contributed by atoms with Crippen LogP contribution in [0, 0.1) is 6.92 Å². The van der Waals surface area contributed by atoms with Gasteiger partial charge in [0, 0.05) is 17.3 Å². The van der Waals surface area contributed by atoms with Gasteiger partial charge in [-0.2, -0.15) is 0 Å². The summed E-state index contributed by atoms with van der Waals surface area (Å²) < 4.78 is 0. The van der Waals surface area contributed by atoms with Crippen molar-refractivity contribution in [1.82, 2.24) is 4.90 Å². The molecule has 3 rings (SSSR count). The summed E-state index contributed by atoms with van der Waals surface area (Å²) in [5, 5.41) is 12.0. The maximum atomic E-state index is 12.3. The lowest BCUT2D eigenvalue weighted by molar-refractivity contribution is -0.137. The number of carbonyl (C=O) groups excluding carboxylic acids is 2. The van der Waals surface area contributed by atoms with Crippen LogP contribution in [0.1, 0.15) is 5.56 Å². The van der Waals surface area contributed by atoms with Crippen LogP contribution in [0.2, 0.25) is 0 Å². The number of carbonyl (C=O) groups is 2. The van der Waals surface area contributed by atoms with Crippen LogP contribution >= 0.6 is 0 Å². The molecule has 24 heavy (non-hydrogen) atoms. The average molecular weight is 322 g/mol. The van der Waals surface area contributed by atoms with Gasteiger partial charge in [0.15, 0.2) is 0 Å². The molecule has 1 aliphatic rings. The number of imide groups is 1. The molecule has 0 saturated heterocycles. The summed E-state index contributed by atoms with van der Waals surface area (Å²) >= 11 is 0. The van der Waals surface area contributed by atoms with Gasteiger partial charge in [-0.25, -0.2) is 0 Å². The third-order valence-electron chi connectivity index (χ3n) is 3.86. The molecule has 0 spiro atoms. The highest BCUT2D eigenvalue weighted by Crippen LogP contribution is 2.30. The van der Waals surface area contributed by atoms with E-state index in [1.807, 2.05) is 49.4 Å². The number of aryl methyl sites for hydroxylation is 1. The molecule has 122 valence electrons. The van der Waals surface area contributed by atoms with E-state index in [1.54, 1.807) is 0 Å². The molecule has 0 fully saturated rings. The van der Waals surface area contributed by atoms with Gasteiger partial charge in [0.2, 0.25) is 0 Å². The van der Waals surface area contributed by atoms with E-state index in [0.29, 0.717) is 0 Å². The Balaban J connectivity index is 1.91. The Kier molecular flexibility index (Phi) is 4.44. The highest BCUT2D eigenvalue weighted by molar-refractivity contribution is 6.17. The number of anilines is 1. The molecule has 0 bridgehead atoms. The SMILES string of the molecule is Cc1cccc(-c2ccccc2NC2=CC(=O)N(CCO)C2=O)c1. The van der Waals surface area contributed by atoms with Crippen molar-refractivity contribution < 1.29 is 14.7 Å². The van der Waals surface area contributed by atoms with Crippen LogP contribution in [0.4, 0.5) is 5.69 Å². The molecule has 5 nitrogen and oxygen atoms in total. The van der Waals surface area contributed by atoms with Gasteiger partial charge in [-0.1, -0.05) is 48.0 Å². The predicted molar refractivity (Wildman–Crippen MR) is 92.1 cm³/mol. The van der Waals surface area contributed by atoms with Crippen molar-refractivity contribution in [1.29, 1.82) is 0 Å². The van der Waals surface area contributed by atoms with Crippen molar-refractivity contribution in [3.63, 3.8) is 0 Å². The Bertz CT molecular complexity index is 827. The van der Waals surface area contributed by atoms with Crippen molar-refractivity contribution in [2.24, 2.45) is 0 Å². The fourth-order valence-electron chi connectivity index (χ4n) is 2.71. The molecule has 0 aliphatic carbocycles. The maximum absolute atomic E-state index is 12.3. The molecule has 5 heteroatoms. The molecule has 0 radical (unpaired) electrons. The first kappa shape index (κ1) is 16.0. The Labute approximate surface area is 140 Å². The number of hydrogen-bond acceptors (Lipinski definition) is 4. The van der Waals surface area contributed by atoms with Crippen LogP contribution in [0.15, 0.2) is 60.3 Å². The number of para-hydroxylation sites is 1. The minimum absolute atomic E-state index is 0.00112. The number of aliphatic hydroxyl groups excluding tert-OH is 1. The molecular formula is C19H18N2O3. The van der Waals surface area contributed by atoms with Crippen molar-refractivity contribution in [3.8, 4) is 11.1 Å². The van der Waals surface area contributed by atoms with Gasteiger partial charge in [0.1, 0.15) is 5.70 Å². The summed E-state index contributed by atoms with van der Waals surface area (Å²) in [6.45, 7) is 1.77.